The maximum Gasteiger partial charge on any atom is 0.263 e. The van der Waals surface area contributed by atoms with Gasteiger partial charge in [0.2, 0.25) is 0 Å². The van der Waals surface area contributed by atoms with E-state index in [2.05, 4.69) is 5.32 Å². The molecule has 0 unspecified atom stereocenters. The second-order valence-electron chi connectivity index (χ2n) is 7.36. The van der Waals surface area contributed by atoms with Gasteiger partial charge in [0.1, 0.15) is 5.75 Å². The molecule has 28 heavy (non-hydrogen) atoms. The van der Waals surface area contributed by atoms with Crippen LogP contribution in [-0.2, 0) is 11.3 Å². The minimum Gasteiger partial charge on any atom is -0.480 e. The molecule has 0 heterocycles. The van der Waals surface area contributed by atoms with Gasteiger partial charge < -0.3 is 15.0 Å². The first kappa shape index (κ1) is 21.5. The summed E-state index contributed by atoms with van der Waals surface area (Å²) in [5, 5.41) is 2.90. The van der Waals surface area contributed by atoms with Gasteiger partial charge in [-0.1, -0.05) is 42.5 Å². The van der Waals surface area contributed by atoms with Crippen molar-refractivity contribution in [2.75, 3.05) is 0 Å². The van der Waals surface area contributed by atoms with Crippen LogP contribution in [0.1, 0.15) is 50.5 Å². The molecule has 2 amide bonds. The number of ether oxygens (including phenoxy) is 1. The Morgan fingerprint density at radius 2 is 1.46 bits per heavy atom. The average molecular weight is 383 g/mol. The van der Waals surface area contributed by atoms with E-state index < -0.39 is 6.10 Å². The Bertz CT molecular complexity index is 779. The van der Waals surface area contributed by atoms with Crippen LogP contribution in [0.3, 0.4) is 0 Å². The van der Waals surface area contributed by atoms with E-state index in [1.54, 1.807) is 36.1 Å². The predicted octanol–water partition coefficient (Wildman–Crippen LogP) is 4.03. The summed E-state index contributed by atoms with van der Waals surface area (Å²) in [5.74, 6) is 0.0783. The van der Waals surface area contributed by atoms with Gasteiger partial charge in [0.25, 0.3) is 11.8 Å². The lowest BCUT2D eigenvalue weighted by Gasteiger charge is -2.33. The molecule has 0 aliphatic carbocycles. The topological polar surface area (TPSA) is 58.6 Å². The number of nitrogens with one attached hydrogen (secondary N) is 1. The maximum absolute atomic E-state index is 12.8. The molecule has 0 aliphatic rings. The highest BCUT2D eigenvalue weighted by Gasteiger charge is 2.27. The predicted molar refractivity (Wildman–Crippen MR) is 111 cm³/mol. The molecule has 0 radical (unpaired) electrons. The molecule has 150 valence electrons. The van der Waals surface area contributed by atoms with Crippen LogP contribution in [0.25, 0.3) is 0 Å². The van der Waals surface area contributed by atoms with Crippen LogP contribution < -0.4 is 10.1 Å². The zero-order valence-electron chi connectivity index (χ0n) is 17.3. The third-order valence-electron chi connectivity index (χ3n) is 4.45. The number of para-hydroxylation sites is 1. The van der Waals surface area contributed by atoms with E-state index >= 15 is 0 Å². The standard InChI is InChI=1S/C23H30N2O3/c1-16(2)25(17(3)4)23(27)18(5)28-21-14-10-9-13-20(21)22(26)24-15-19-11-7-6-8-12-19/h6-14,16-18H,15H2,1-5H3,(H,24,26)/t18-/m0/s1. The number of hydrogen-bond donors (Lipinski definition) is 1. The van der Waals surface area contributed by atoms with Crippen LogP contribution in [0.5, 0.6) is 5.75 Å². The number of amides is 2. The van der Waals surface area contributed by atoms with E-state index in [4.69, 9.17) is 4.74 Å². The SMILES string of the molecule is CC(C)N(C(=O)[C@H](C)Oc1ccccc1C(=O)NCc1ccccc1)C(C)C. The van der Waals surface area contributed by atoms with E-state index in [1.165, 1.54) is 0 Å². The van der Waals surface area contributed by atoms with Gasteiger partial charge in [0.15, 0.2) is 6.10 Å². The van der Waals surface area contributed by atoms with Crippen molar-refractivity contribution in [2.24, 2.45) is 0 Å². The summed E-state index contributed by atoms with van der Waals surface area (Å²) in [7, 11) is 0. The zero-order chi connectivity index (χ0) is 20.7. The van der Waals surface area contributed by atoms with Gasteiger partial charge in [0.05, 0.1) is 5.56 Å². The molecule has 0 saturated heterocycles. The van der Waals surface area contributed by atoms with Gasteiger partial charge in [-0.15, -0.1) is 0 Å². The highest BCUT2D eigenvalue weighted by atomic mass is 16.5. The van der Waals surface area contributed by atoms with Gasteiger partial charge >= 0.3 is 0 Å². The highest BCUT2D eigenvalue weighted by molar-refractivity contribution is 5.97. The summed E-state index contributed by atoms with van der Waals surface area (Å²) >= 11 is 0. The molecule has 5 heteroatoms. The first-order valence-corrected chi connectivity index (χ1v) is 9.71. The second kappa shape index (κ2) is 9.93. The van der Waals surface area contributed by atoms with Crippen LogP contribution in [0, 0.1) is 0 Å². The fourth-order valence-corrected chi connectivity index (χ4v) is 3.19. The normalized spacial score (nSPS) is 12.0. The largest absolute Gasteiger partial charge is 0.480 e. The lowest BCUT2D eigenvalue weighted by atomic mass is 10.1. The Morgan fingerprint density at radius 3 is 2.07 bits per heavy atom. The number of carbonyl (C=O) groups excluding carboxylic acids is 2. The summed E-state index contributed by atoms with van der Waals surface area (Å²) in [4.78, 5) is 27.3. The maximum atomic E-state index is 12.8. The summed E-state index contributed by atoms with van der Waals surface area (Å²) in [5.41, 5.74) is 1.43. The Labute approximate surface area is 167 Å². The van der Waals surface area contributed by atoms with Crippen LogP contribution in [0.2, 0.25) is 0 Å². The van der Waals surface area contributed by atoms with E-state index in [-0.39, 0.29) is 23.9 Å². The first-order valence-electron chi connectivity index (χ1n) is 9.71. The van der Waals surface area contributed by atoms with Crippen LogP contribution in [0.4, 0.5) is 0 Å². The molecule has 2 rings (SSSR count). The quantitative estimate of drug-likeness (QED) is 0.750. The van der Waals surface area contributed by atoms with E-state index in [9.17, 15) is 9.59 Å². The van der Waals surface area contributed by atoms with Gasteiger partial charge in [-0.05, 0) is 52.3 Å². The van der Waals surface area contributed by atoms with Crippen molar-refractivity contribution in [1.29, 1.82) is 0 Å². The molecule has 0 spiro atoms. The minimum absolute atomic E-state index is 0.0722. The van der Waals surface area contributed by atoms with Crippen LogP contribution >= 0.6 is 0 Å². The van der Waals surface area contributed by atoms with Crippen LogP contribution in [-0.4, -0.2) is 34.9 Å². The molecule has 1 atom stereocenters. The monoisotopic (exact) mass is 382 g/mol. The average Bonchev–Trinajstić information content (AvgIpc) is 2.66. The van der Waals surface area contributed by atoms with Crippen molar-refractivity contribution in [1.82, 2.24) is 10.2 Å². The molecule has 0 saturated carbocycles. The van der Waals surface area contributed by atoms with Crippen molar-refractivity contribution in [3.8, 4) is 5.75 Å². The van der Waals surface area contributed by atoms with Crippen molar-refractivity contribution >= 4 is 11.8 Å². The Hall–Kier alpha value is -2.82. The van der Waals surface area contributed by atoms with Gasteiger partial charge in [-0.3, -0.25) is 9.59 Å². The van der Waals surface area contributed by atoms with Crippen molar-refractivity contribution < 1.29 is 14.3 Å². The Balaban J connectivity index is 2.10. The number of carbonyl (C=O) groups is 2. The van der Waals surface area contributed by atoms with Crippen LogP contribution in [0.15, 0.2) is 54.6 Å². The molecule has 0 bridgehead atoms. The number of nitrogens with zero attached hydrogens (tertiary/aromatic N) is 1. The molecule has 0 aromatic heterocycles. The fraction of sp³-hybridized carbons (Fsp3) is 0.391. The summed E-state index contributed by atoms with van der Waals surface area (Å²) < 4.78 is 5.91. The smallest absolute Gasteiger partial charge is 0.263 e. The van der Waals surface area contributed by atoms with Crippen molar-refractivity contribution in [3.63, 3.8) is 0 Å². The molecular weight excluding hydrogens is 352 g/mol. The Kier molecular flexibility index (Phi) is 7.61. The summed E-state index contributed by atoms with van der Waals surface area (Å²) in [6, 6.07) is 16.9. The number of hydrogen-bond acceptors (Lipinski definition) is 3. The number of rotatable bonds is 8. The molecule has 1 N–H and O–H groups in total. The van der Waals surface area contributed by atoms with E-state index in [0.29, 0.717) is 17.9 Å². The molecule has 5 nitrogen and oxygen atoms in total. The van der Waals surface area contributed by atoms with E-state index in [0.717, 1.165) is 5.56 Å². The molecular formula is C23H30N2O3. The zero-order valence-corrected chi connectivity index (χ0v) is 17.3. The third kappa shape index (κ3) is 5.59. The molecule has 2 aromatic rings. The summed E-state index contributed by atoms with van der Waals surface area (Å²) in [6.45, 7) is 10.1. The molecule has 0 fully saturated rings. The first-order chi connectivity index (χ1) is 13.3. The minimum atomic E-state index is -0.687. The number of benzene rings is 2. The van der Waals surface area contributed by atoms with Crippen molar-refractivity contribution in [2.45, 2.75) is 59.4 Å². The third-order valence-corrected chi connectivity index (χ3v) is 4.45. The van der Waals surface area contributed by atoms with Gasteiger partial charge in [0, 0.05) is 18.6 Å². The molecule has 2 aromatic carbocycles. The summed E-state index contributed by atoms with van der Waals surface area (Å²) in [6.07, 6.45) is -0.687. The second-order valence-corrected chi connectivity index (χ2v) is 7.36. The van der Waals surface area contributed by atoms with Crippen molar-refractivity contribution in [3.05, 3.63) is 65.7 Å². The Morgan fingerprint density at radius 1 is 0.893 bits per heavy atom. The lowest BCUT2D eigenvalue weighted by Crippen LogP contribution is -2.48. The lowest BCUT2D eigenvalue weighted by molar-refractivity contribution is -0.141. The fourth-order valence-electron chi connectivity index (χ4n) is 3.19. The van der Waals surface area contributed by atoms with Gasteiger partial charge in [-0.2, -0.15) is 0 Å². The molecule has 0 aliphatic heterocycles. The van der Waals surface area contributed by atoms with Gasteiger partial charge in [-0.25, -0.2) is 0 Å². The van der Waals surface area contributed by atoms with E-state index in [1.807, 2.05) is 58.0 Å². The highest BCUT2D eigenvalue weighted by Crippen LogP contribution is 2.21.